The Hall–Kier alpha value is -1.13. The Labute approximate surface area is 125 Å². The van der Waals surface area contributed by atoms with E-state index in [1.54, 1.807) is 0 Å². The molecule has 1 aliphatic heterocycles. The number of hydrogen-bond acceptors (Lipinski definition) is 3. The maximum absolute atomic E-state index is 6.06. The highest BCUT2D eigenvalue weighted by Crippen LogP contribution is 2.38. The summed E-state index contributed by atoms with van der Waals surface area (Å²) < 4.78 is 0.755. The third-order valence-electron chi connectivity index (χ3n) is 3.34. The predicted molar refractivity (Wildman–Crippen MR) is 81.2 cm³/mol. The molecule has 2 heterocycles. The first-order chi connectivity index (χ1) is 9.16. The molecular weight excluding hydrogens is 326 g/mol. The van der Waals surface area contributed by atoms with Gasteiger partial charge in [-0.1, -0.05) is 29.3 Å². The minimum atomic E-state index is 0.448. The summed E-state index contributed by atoms with van der Waals surface area (Å²) >= 11 is 9.54. The van der Waals surface area contributed by atoms with Crippen molar-refractivity contribution >= 4 is 39.0 Å². The van der Waals surface area contributed by atoms with Gasteiger partial charge in [0.2, 0.25) is 0 Å². The molecule has 19 heavy (non-hydrogen) atoms. The highest BCUT2D eigenvalue weighted by atomic mass is 79.9. The summed E-state index contributed by atoms with van der Waals surface area (Å²) in [6.07, 6.45) is 3.74. The van der Waals surface area contributed by atoms with Gasteiger partial charge in [-0.05, 0) is 47.3 Å². The smallest absolute Gasteiger partial charge is 0.152 e. The van der Waals surface area contributed by atoms with E-state index in [9.17, 15) is 0 Å². The molecule has 0 atom stereocenters. The number of anilines is 2. The zero-order valence-electron chi connectivity index (χ0n) is 10.5. The molecule has 2 aromatic rings. The average molecular weight is 339 g/mol. The maximum atomic E-state index is 6.06. The van der Waals surface area contributed by atoms with Crippen LogP contribution in [-0.2, 0) is 6.42 Å². The van der Waals surface area contributed by atoms with Crippen LogP contribution in [0.25, 0.3) is 0 Å². The van der Waals surface area contributed by atoms with Crippen LogP contribution in [0.1, 0.15) is 17.5 Å². The second kappa shape index (κ2) is 5.10. The number of fused-ring (bicyclic) bond motifs is 1. The fourth-order valence-electron chi connectivity index (χ4n) is 2.47. The average Bonchev–Trinajstić information content (AvgIpc) is 2.41. The van der Waals surface area contributed by atoms with Gasteiger partial charge in [-0.25, -0.2) is 9.97 Å². The summed E-state index contributed by atoms with van der Waals surface area (Å²) in [4.78, 5) is 10.6. The van der Waals surface area contributed by atoms with E-state index in [0.29, 0.717) is 5.15 Å². The van der Waals surface area contributed by atoms with Crippen LogP contribution in [0.15, 0.2) is 29.0 Å². The lowest BCUT2D eigenvalue weighted by Gasteiger charge is -2.31. The molecule has 0 radical (unpaired) electrons. The van der Waals surface area contributed by atoms with Crippen molar-refractivity contribution in [3.63, 3.8) is 0 Å². The molecule has 1 aromatic carbocycles. The minimum absolute atomic E-state index is 0.448. The SMILES string of the molecule is Cc1ccc2c(c1)CCCN2c1ncnc(Cl)c1Br. The highest BCUT2D eigenvalue weighted by Gasteiger charge is 2.22. The van der Waals surface area contributed by atoms with E-state index in [4.69, 9.17) is 11.6 Å². The predicted octanol–water partition coefficient (Wildman–Crippen LogP) is 4.29. The second-order valence-corrected chi connectivity index (χ2v) is 5.84. The van der Waals surface area contributed by atoms with Crippen LogP contribution in [0.4, 0.5) is 11.5 Å². The van der Waals surface area contributed by atoms with Gasteiger partial charge in [-0.15, -0.1) is 0 Å². The van der Waals surface area contributed by atoms with Crippen LogP contribution >= 0.6 is 27.5 Å². The normalized spacial score (nSPS) is 14.4. The fourth-order valence-corrected chi connectivity index (χ4v) is 3.02. The van der Waals surface area contributed by atoms with E-state index in [0.717, 1.165) is 29.7 Å². The summed E-state index contributed by atoms with van der Waals surface area (Å²) in [5.41, 5.74) is 3.88. The Morgan fingerprint density at radius 2 is 2.16 bits per heavy atom. The topological polar surface area (TPSA) is 29.0 Å². The summed E-state index contributed by atoms with van der Waals surface area (Å²) in [7, 11) is 0. The Kier molecular flexibility index (Phi) is 3.46. The standard InChI is InChI=1S/C14H13BrClN3/c1-9-4-5-11-10(7-9)3-2-6-19(11)14-12(15)13(16)17-8-18-14/h4-5,7-8H,2-3,6H2,1H3. The first-order valence-electron chi connectivity index (χ1n) is 6.20. The Balaban J connectivity index is 2.11. The second-order valence-electron chi connectivity index (χ2n) is 4.69. The fraction of sp³-hybridized carbons (Fsp3) is 0.286. The number of halogens is 2. The molecule has 0 spiro atoms. The Bertz CT molecular complexity index is 630. The van der Waals surface area contributed by atoms with Crippen molar-refractivity contribution in [1.82, 2.24) is 9.97 Å². The lowest BCUT2D eigenvalue weighted by atomic mass is 9.99. The summed E-state index contributed by atoms with van der Waals surface area (Å²) in [6.45, 7) is 3.07. The number of rotatable bonds is 1. The van der Waals surface area contributed by atoms with Gasteiger partial charge in [0, 0.05) is 12.2 Å². The minimum Gasteiger partial charge on any atom is -0.325 e. The van der Waals surface area contributed by atoms with E-state index >= 15 is 0 Å². The molecule has 0 amide bonds. The van der Waals surface area contributed by atoms with Gasteiger partial charge in [0.05, 0.1) is 4.47 Å². The van der Waals surface area contributed by atoms with Crippen LogP contribution in [-0.4, -0.2) is 16.5 Å². The van der Waals surface area contributed by atoms with E-state index in [-0.39, 0.29) is 0 Å². The lowest BCUT2D eigenvalue weighted by Crippen LogP contribution is -2.25. The van der Waals surface area contributed by atoms with Gasteiger partial charge in [-0.3, -0.25) is 0 Å². The van der Waals surface area contributed by atoms with Crippen molar-refractivity contribution < 1.29 is 0 Å². The summed E-state index contributed by atoms with van der Waals surface area (Å²) in [6, 6.07) is 6.54. The van der Waals surface area contributed by atoms with E-state index in [1.165, 1.54) is 23.1 Å². The maximum Gasteiger partial charge on any atom is 0.152 e. The quantitative estimate of drug-likeness (QED) is 0.727. The van der Waals surface area contributed by atoms with Gasteiger partial charge in [0.25, 0.3) is 0 Å². The molecule has 1 aliphatic rings. The van der Waals surface area contributed by atoms with E-state index < -0.39 is 0 Å². The number of benzene rings is 1. The first-order valence-corrected chi connectivity index (χ1v) is 7.37. The number of aryl methyl sites for hydroxylation is 2. The molecule has 98 valence electrons. The monoisotopic (exact) mass is 337 g/mol. The third-order valence-corrected chi connectivity index (χ3v) is 4.58. The molecule has 0 fully saturated rings. The van der Waals surface area contributed by atoms with Crippen LogP contribution in [0, 0.1) is 6.92 Å². The van der Waals surface area contributed by atoms with Gasteiger partial charge in [-0.2, -0.15) is 0 Å². The Morgan fingerprint density at radius 3 is 3.00 bits per heavy atom. The van der Waals surface area contributed by atoms with Crippen molar-refractivity contribution in [2.75, 3.05) is 11.4 Å². The van der Waals surface area contributed by atoms with Crippen molar-refractivity contribution in [2.45, 2.75) is 19.8 Å². The molecule has 0 N–H and O–H groups in total. The summed E-state index contributed by atoms with van der Waals surface area (Å²) in [5.74, 6) is 0.838. The molecule has 3 rings (SSSR count). The number of aromatic nitrogens is 2. The first kappa shape index (κ1) is 12.9. The van der Waals surface area contributed by atoms with E-state index in [2.05, 4.69) is 55.9 Å². The molecular formula is C14H13BrClN3. The van der Waals surface area contributed by atoms with Gasteiger partial charge in [0.1, 0.15) is 11.5 Å². The Morgan fingerprint density at radius 1 is 1.32 bits per heavy atom. The zero-order chi connectivity index (χ0) is 13.4. The van der Waals surface area contributed by atoms with Gasteiger partial charge < -0.3 is 4.90 Å². The highest BCUT2D eigenvalue weighted by molar-refractivity contribution is 9.10. The number of nitrogens with zero attached hydrogens (tertiary/aromatic N) is 3. The van der Waals surface area contributed by atoms with Crippen molar-refractivity contribution in [3.05, 3.63) is 45.3 Å². The van der Waals surface area contributed by atoms with Crippen molar-refractivity contribution in [3.8, 4) is 0 Å². The van der Waals surface area contributed by atoms with E-state index in [1.807, 2.05) is 0 Å². The molecule has 0 aliphatic carbocycles. The third kappa shape index (κ3) is 2.35. The van der Waals surface area contributed by atoms with Gasteiger partial charge in [0.15, 0.2) is 5.82 Å². The van der Waals surface area contributed by atoms with Crippen molar-refractivity contribution in [1.29, 1.82) is 0 Å². The van der Waals surface area contributed by atoms with Crippen molar-refractivity contribution in [2.24, 2.45) is 0 Å². The van der Waals surface area contributed by atoms with Crippen LogP contribution in [0.3, 0.4) is 0 Å². The van der Waals surface area contributed by atoms with Crippen LogP contribution in [0.5, 0.6) is 0 Å². The molecule has 0 unspecified atom stereocenters. The molecule has 0 bridgehead atoms. The molecule has 1 aromatic heterocycles. The lowest BCUT2D eigenvalue weighted by molar-refractivity contribution is 0.756. The molecule has 5 heteroatoms. The molecule has 0 saturated carbocycles. The zero-order valence-corrected chi connectivity index (χ0v) is 12.9. The van der Waals surface area contributed by atoms with Crippen LogP contribution < -0.4 is 4.90 Å². The number of hydrogen-bond donors (Lipinski definition) is 0. The largest absolute Gasteiger partial charge is 0.325 e. The van der Waals surface area contributed by atoms with Crippen LogP contribution in [0.2, 0.25) is 5.15 Å². The summed E-state index contributed by atoms with van der Waals surface area (Å²) in [5, 5.41) is 0.448. The molecule has 0 saturated heterocycles. The van der Waals surface area contributed by atoms with Gasteiger partial charge >= 0.3 is 0 Å². The molecule has 3 nitrogen and oxygen atoms in total.